The van der Waals surface area contributed by atoms with Gasteiger partial charge in [-0.15, -0.1) is 0 Å². The van der Waals surface area contributed by atoms with Crippen LogP contribution < -0.4 is 0 Å². The molecule has 0 bridgehead atoms. The lowest BCUT2D eigenvalue weighted by atomic mass is 9.84. The maximum absolute atomic E-state index is 11.8. The van der Waals surface area contributed by atoms with E-state index in [1.165, 1.54) is 0 Å². The third-order valence-electron chi connectivity index (χ3n) is 2.90. The maximum Gasteiger partial charge on any atom is 0.311 e. The lowest BCUT2D eigenvalue weighted by molar-refractivity contribution is -0.139. The number of carboxylic acid groups (broad SMARTS) is 1. The summed E-state index contributed by atoms with van der Waals surface area (Å²) >= 11 is 0. The van der Waals surface area contributed by atoms with Gasteiger partial charge in [-0.1, -0.05) is 39.0 Å². The summed E-state index contributed by atoms with van der Waals surface area (Å²) in [6.45, 7) is 7.91. The first-order chi connectivity index (χ1) is 8.62. The number of Topliss-reactive ketones (excluding diaryl/α,β-unsaturated/α-hetero) is 2. The van der Waals surface area contributed by atoms with Gasteiger partial charge < -0.3 is 5.11 Å². The van der Waals surface area contributed by atoms with Gasteiger partial charge in [-0.25, -0.2) is 0 Å². The SMILES string of the molecule is Cc1cc(C(C)(C)C)ccc1C(=O)C(=O)CC(=O)O. The smallest absolute Gasteiger partial charge is 0.311 e. The van der Waals surface area contributed by atoms with E-state index in [2.05, 4.69) is 20.8 Å². The Morgan fingerprint density at radius 1 is 1.16 bits per heavy atom. The largest absolute Gasteiger partial charge is 0.481 e. The Kier molecular flexibility index (Phi) is 4.24. The molecule has 1 aromatic carbocycles. The van der Waals surface area contributed by atoms with E-state index in [0.29, 0.717) is 5.56 Å². The molecule has 0 radical (unpaired) electrons. The second kappa shape index (κ2) is 5.34. The van der Waals surface area contributed by atoms with Gasteiger partial charge in [-0.3, -0.25) is 14.4 Å². The Balaban J connectivity index is 3.07. The molecular formula is C15H18O4. The molecule has 0 aliphatic heterocycles. The van der Waals surface area contributed by atoms with Crippen molar-refractivity contribution in [2.75, 3.05) is 0 Å². The number of hydrogen-bond acceptors (Lipinski definition) is 3. The molecule has 0 saturated carbocycles. The highest BCUT2D eigenvalue weighted by molar-refractivity contribution is 6.46. The van der Waals surface area contributed by atoms with Gasteiger partial charge in [0, 0.05) is 5.56 Å². The standard InChI is InChI=1S/C15H18O4/c1-9-7-10(15(2,3)4)5-6-11(9)14(19)12(16)8-13(17)18/h5-7H,8H2,1-4H3,(H,17,18). The minimum Gasteiger partial charge on any atom is -0.481 e. The third kappa shape index (κ3) is 3.74. The van der Waals surface area contributed by atoms with Gasteiger partial charge in [0.25, 0.3) is 0 Å². The summed E-state index contributed by atoms with van der Waals surface area (Å²) in [7, 11) is 0. The molecule has 4 nitrogen and oxygen atoms in total. The molecule has 0 spiro atoms. The van der Waals surface area contributed by atoms with E-state index in [4.69, 9.17) is 5.11 Å². The van der Waals surface area contributed by atoms with Crippen LogP contribution in [-0.4, -0.2) is 22.6 Å². The molecule has 19 heavy (non-hydrogen) atoms. The monoisotopic (exact) mass is 262 g/mol. The molecule has 0 amide bonds. The van der Waals surface area contributed by atoms with Crippen molar-refractivity contribution in [2.24, 2.45) is 0 Å². The van der Waals surface area contributed by atoms with E-state index >= 15 is 0 Å². The van der Waals surface area contributed by atoms with Crippen LogP contribution in [0.1, 0.15) is 48.7 Å². The highest BCUT2D eigenvalue weighted by atomic mass is 16.4. The lowest BCUT2D eigenvalue weighted by Gasteiger charge is -2.20. The fourth-order valence-electron chi connectivity index (χ4n) is 1.75. The number of carbonyl (C=O) groups excluding carboxylic acids is 2. The van der Waals surface area contributed by atoms with Crippen molar-refractivity contribution in [1.82, 2.24) is 0 Å². The fourth-order valence-corrected chi connectivity index (χ4v) is 1.75. The first kappa shape index (κ1) is 15.1. The Morgan fingerprint density at radius 3 is 2.16 bits per heavy atom. The average Bonchev–Trinajstić information content (AvgIpc) is 2.25. The van der Waals surface area contributed by atoms with Gasteiger partial charge >= 0.3 is 5.97 Å². The summed E-state index contributed by atoms with van der Waals surface area (Å²) in [4.78, 5) is 33.7. The van der Waals surface area contributed by atoms with Gasteiger partial charge in [0.15, 0.2) is 0 Å². The van der Waals surface area contributed by atoms with Crippen LogP contribution in [0, 0.1) is 6.92 Å². The molecule has 0 saturated heterocycles. The summed E-state index contributed by atoms with van der Waals surface area (Å²) in [5.41, 5.74) is 1.99. The van der Waals surface area contributed by atoms with E-state index in [-0.39, 0.29) is 11.0 Å². The van der Waals surface area contributed by atoms with E-state index in [1.807, 2.05) is 6.07 Å². The first-order valence-electron chi connectivity index (χ1n) is 6.03. The van der Waals surface area contributed by atoms with Gasteiger partial charge in [-0.2, -0.15) is 0 Å². The Morgan fingerprint density at radius 2 is 1.74 bits per heavy atom. The Bertz CT molecular complexity index is 536. The number of aliphatic carboxylic acids is 1. The molecule has 102 valence electrons. The summed E-state index contributed by atoms with van der Waals surface area (Å²) < 4.78 is 0. The van der Waals surface area contributed by atoms with Crippen molar-refractivity contribution in [3.05, 3.63) is 34.9 Å². The third-order valence-corrected chi connectivity index (χ3v) is 2.90. The van der Waals surface area contributed by atoms with Gasteiger partial charge in [0.2, 0.25) is 11.6 Å². The molecule has 0 fully saturated rings. The minimum absolute atomic E-state index is 0.0442. The Labute approximate surface area is 112 Å². The average molecular weight is 262 g/mol. The first-order valence-corrected chi connectivity index (χ1v) is 6.03. The summed E-state index contributed by atoms with van der Waals surface area (Å²) in [5.74, 6) is -2.92. The van der Waals surface area contributed by atoms with E-state index in [9.17, 15) is 14.4 Å². The molecular weight excluding hydrogens is 244 g/mol. The number of carbonyl (C=O) groups is 3. The van der Waals surface area contributed by atoms with Crippen LogP contribution in [-0.2, 0) is 15.0 Å². The summed E-state index contributed by atoms with van der Waals surface area (Å²) in [6, 6.07) is 5.26. The number of rotatable bonds is 4. The predicted octanol–water partition coefficient (Wildman–Crippen LogP) is 2.52. The van der Waals surface area contributed by atoms with Crippen LogP contribution in [0.25, 0.3) is 0 Å². The maximum atomic E-state index is 11.8. The Hall–Kier alpha value is -1.97. The number of ketones is 2. The van der Waals surface area contributed by atoms with E-state index < -0.39 is 24.0 Å². The lowest BCUT2D eigenvalue weighted by Crippen LogP contribution is -2.19. The van der Waals surface area contributed by atoms with Crippen LogP contribution in [0.5, 0.6) is 0 Å². The highest BCUT2D eigenvalue weighted by Crippen LogP contribution is 2.24. The molecule has 1 rings (SSSR count). The molecule has 4 heteroatoms. The quantitative estimate of drug-likeness (QED) is 0.514. The van der Waals surface area contributed by atoms with Gasteiger partial charge in [0.05, 0.1) is 0 Å². The van der Waals surface area contributed by atoms with Gasteiger partial charge in [0.1, 0.15) is 6.42 Å². The second-order valence-electron chi connectivity index (χ2n) is 5.60. The van der Waals surface area contributed by atoms with Crippen LogP contribution in [0.4, 0.5) is 0 Å². The molecule has 0 atom stereocenters. The molecule has 0 unspecified atom stereocenters. The fraction of sp³-hybridized carbons (Fsp3) is 0.400. The molecule has 1 N–H and O–H groups in total. The predicted molar refractivity (Wildman–Crippen MR) is 71.5 cm³/mol. The van der Waals surface area contributed by atoms with E-state index in [1.54, 1.807) is 19.1 Å². The van der Waals surface area contributed by atoms with Crippen molar-refractivity contribution in [3.8, 4) is 0 Å². The summed E-state index contributed by atoms with van der Waals surface area (Å²) in [6.07, 6.45) is -0.765. The van der Waals surface area contributed by atoms with Crippen molar-refractivity contribution >= 4 is 17.5 Å². The van der Waals surface area contributed by atoms with E-state index in [0.717, 1.165) is 5.56 Å². The highest BCUT2D eigenvalue weighted by Gasteiger charge is 2.22. The van der Waals surface area contributed by atoms with Crippen LogP contribution in [0.15, 0.2) is 18.2 Å². The molecule has 1 aromatic rings. The van der Waals surface area contributed by atoms with Crippen molar-refractivity contribution in [3.63, 3.8) is 0 Å². The van der Waals surface area contributed by atoms with Crippen molar-refractivity contribution < 1.29 is 19.5 Å². The zero-order chi connectivity index (χ0) is 14.8. The van der Waals surface area contributed by atoms with Crippen molar-refractivity contribution in [1.29, 1.82) is 0 Å². The summed E-state index contributed by atoms with van der Waals surface area (Å²) in [5, 5.41) is 8.53. The normalized spacial score (nSPS) is 11.2. The van der Waals surface area contributed by atoms with Crippen LogP contribution >= 0.6 is 0 Å². The minimum atomic E-state index is -1.29. The molecule has 0 aromatic heterocycles. The van der Waals surface area contributed by atoms with Crippen LogP contribution in [0.2, 0.25) is 0 Å². The molecule has 0 aliphatic rings. The number of aryl methyl sites for hydroxylation is 1. The van der Waals surface area contributed by atoms with Crippen LogP contribution in [0.3, 0.4) is 0 Å². The zero-order valence-corrected chi connectivity index (χ0v) is 11.6. The number of carboxylic acids is 1. The second-order valence-corrected chi connectivity index (χ2v) is 5.60. The number of benzene rings is 1. The topological polar surface area (TPSA) is 71.4 Å². The molecule has 0 heterocycles. The molecule has 0 aliphatic carbocycles. The van der Waals surface area contributed by atoms with Gasteiger partial charge in [-0.05, 0) is 23.5 Å². The zero-order valence-electron chi connectivity index (χ0n) is 11.6. The van der Waals surface area contributed by atoms with Crippen molar-refractivity contribution in [2.45, 2.75) is 39.5 Å². The number of hydrogen-bond donors (Lipinski definition) is 1.